The van der Waals surface area contributed by atoms with Crippen LogP contribution in [0.25, 0.3) is 0 Å². The fourth-order valence-corrected chi connectivity index (χ4v) is 5.38. The van der Waals surface area contributed by atoms with Gasteiger partial charge >= 0.3 is 0 Å². The maximum absolute atomic E-state index is 2.73. The van der Waals surface area contributed by atoms with Crippen molar-refractivity contribution >= 4 is 12.4 Å². The zero-order chi connectivity index (χ0) is 16.0. The van der Waals surface area contributed by atoms with Crippen LogP contribution in [0, 0.1) is 11.8 Å². The number of hydrogen-bond donors (Lipinski definition) is 0. The van der Waals surface area contributed by atoms with Crippen molar-refractivity contribution in [1.82, 2.24) is 4.90 Å². The lowest BCUT2D eigenvalue weighted by Crippen LogP contribution is -2.43. The molecule has 0 amide bonds. The standard InChI is InChI=1S/C22H27N.ClH/c1-4-23-14-15(2)20-18-12-8-9-13-19(18)21(16(3)22(20)23)17-10-6-5-7-11-17;/h5-13,15-16,20-22H,4,14H2,1-3H3;1H. The first kappa shape index (κ1) is 17.5. The Hall–Kier alpha value is -1.31. The first-order valence-electron chi connectivity index (χ1n) is 9.10. The van der Waals surface area contributed by atoms with Gasteiger partial charge in [-0.15, -0.1) is 12.4 Å². The summed E-state index contributed by atoms with van der Waals surface area (Å²) in [5.41, 5.74) is 4.65. The van der Waals surface area contributed by atoms with Gasteiger partial charge < -0.3 is 0 Å². The van der Waals surface area contributed by atoms with Gasteiger partial charge in [0.1, 0.15) is 0 Å². The summed E-state index contributed by atoms with van der Waals surface area (Å²) < 4.78 is 0. The summed E-state index contributed by atoms with van der Waals surface area (Å²) in [7, 11) is 0. The first-order valence-corrected chi connectivity index (χ1v) is 9.10. The van der Waals surface area contributed by atoms with Crippen LogP contribution in [0.15, 0.2) is 54.6 Å². The van der Waals surface area contributed by atoms with Crippen molar-refractivity contribution in [2.75, 3.05) is 13.1 Å². The molecule has 1 fully saturated rings. The van der Waals surface area contributed by atoms with Crippen LogP contribution in [0.4, 0.5) is 0 Å². The predicted octanol–water partition coefficient (Wildman–Crippen LogP) is 5.31. The minimum atomic E-state index is 0. The molecule has 0 bridgehead atoms. The molecule has 2 heteroatoms. The molecule has 24 heavy (non-hydrogen) atoms. The zero-order valence-electron chi connectivity index (χ0n) is 14.9. The number of rotatable bonds is 2. The highest BCUT2D eigenvalue weighted by Crippen LogP contribution is 2.52. The van der Waals surface area contributed by atoms with E-state index in [4.69, 9.17) is 0 Å². The van der Waals surface area contributed by atoms with E-state index in [0.717, 1.165) is 5.92 Å². The molecular weight excluding hydrogens is 314 g/mol. The van der Waals surface area contributed by atoms with Crippen LogP contribution >= 0.6 is 12.4 Å². The van der Waals surface area contributed by atoms with E-state index < -0.39 is 0 Å². The van der Waals surface area contributed by atoms with Gasteiger partial charge in [0, 0.05) is 24.4 Å². The van der Waals surface area contributed by atoms with E-state index in [1.807, 2.05) is 0 Å². The molecule has 128 valence electrons. The first-order chi connectivity index (χ1) is 11.2. The van der Waals surface area contributed by atoms with Crippen LogP contribution in [0.2, 0.25) is 0 Å². The van der Waals surface area contributed by atoms with E-state index in [0.29, 0.717) is 23.8 Å². The lowest BCUT2D eigenvalue weighted by atomic mass is 9.64. The second kappa shape index (κ2) is 6.90. The Bertz CT molecular complexity index is 683. The Labute approximate surface area is 152 Å². The maximum Gasteiger partial charge on any atom is 0.0202 e. The number of halogens is 1. The Kier molecular flexibility index (Phi) is 5.03. The van der Waals surface area contributed by atoms with Crippen LogP contribution in [0.1, 0.15) is 49.3 Å². The van der Waals surface area contributed by atoms with Gasteiger partial charge in [-0.05, 0) is 35.1 Å². The maximum atomic E-state index is 2.73. The summed E-state index contributed by atoms with van der Waals surface area (Å²) in [4.78, 5) is 2.73. The van der Waals surface area contributed by atoms with Crippen molar-refractivity contribution in [2.24, 2.45) is 11.8 Å². The fourth-order valence-electron chi connectivity index (χ4n) is 5.38. The lowest BCUT2D eigenvalue weighted by molar-refractivity contribution is 0.174. The lowest BCUT2D eigenvalue weighted by Gasteiger charge is -2.44. The van der Waals surface area contributed by atoms with E-state index in [1.54, 1.807) is 11.1 Å². The second-order valence-electron chi connectivity index (χ2n) is 7.46. The summed E-state index contributed by atoms with van der Waals surface area (Å²) in [6.45, 7) is 9.65. The number of likely N-dealkylation sites (N-methyl/N-ethyl adjacent to an activating group) is 1. The molecule has 2 aliphatic rings. The molecule has 2 aromatic carbocycles. The Morgan fingerprint density at radius 1 is 0.917 bits per heavy atom. The predicted molar refractivity (Wildman–Crippen MR) is 104 cm³/mol. The van der Waals surface area contributed by atoms with Crippen LogP contribution in [0.5, 0.6) is 0 Å². The topological polar surface area (TPSA) is 3.24 Å². The molecular formula is C22H28ClN. The number of nitrogens with zero attached hydrogens (tertiary/aromatic N) is 1. The molecule has 4 rings (SSSR count). The van der Waals surface area contributed by atoms with Gasteiger partial charge in [-0.1, -0.05) is 75.4 Å². The van der Waals surface area contributed by atoms with E-state index in [2.05, 4.69) is 80.3 Å². The fraction of sp³-hybridized carbons (Fsp3) is 0.455. The van der Waals surface area contributed by atoms with Crippen LogP contribution in [-0.4, -0.2) is 24.0 Å². The number of likely N-dealkylation sites (tertiary alicyclic amines) is 1. The average Bonchev–Trinajstić information content (AvgIpc) is 2.93. The number of fused-ring (bicyclic) bond motifs is 3. The van der Waals surface area contributed by atoms with Crippen molar-refractivity contribution in [3.8, 4) is 0 Å². The zero-order valence-corrected chi connectivity index (χ0v) is 15.7. The number of hydrogen-bond acceptors (Lipinski definition) is 1. The molecule has 5 unspecified atom stereocenters. The Morgan fingerprint density at radius 2 is 1.54 bits per heavy atom. The second-order valence-corrected chi connectivity index (χ2v) is 7.46. The van der Waals surface area contributed by atoms with Gasteiger partial charge in [-0.25, -0.2) is 0 Å². The van der Waals surface area contributed by atoms with Crippen molar-refractivity contribution in [1.29, 1.82) is 0 Å². The van der Waals surface area contributed by atoms with Gasteiger partial charge in [-0.3, -0.25) is 4.90 Å². The highest BCUT2D eigenvalue weighted by molar-refractivity contribution is 5.85. The summed E-state index contributed by atoms with van der Waals surface area (Å²) in [5.74, 6) is 2.62. The van der Waals surface area contributed by atoms with E-state index in [9.17, 15) is 0 Å². The largest absolute Gasteiger partial charge is 0.299 e. The minimum Gasteiger partial charge on any atom is -0.299 e. The van der Waals surface area contributed by atoms with Crippen molar-refractivity contribution in [3.05, 3.63) is 71.3 Å². The average molecular weight is 342 g/mol. The van der Waals surface area contributed by atoms with Gasteiger partial charge in [0.25, 0.3) is 0 Å². The highest BCUT2D eigenvalue weighted by atomic mass is 35.5. The molecule has 1 saturated heterocycles. The monoisotopic (exact) mass is 341 g/mol. The Morgan fingerprint density at radius 3 is 2.21 bits per heavy atom. The van der Waals surface area contributed by atoms with Gasteiger partial charge in [0.2, 0.25) is 0 Å². The molecule has 2 aromatic rings. The molecule has 0 radical (unpaired) electrons. The van der Waals surface area contributed by atoms with E-state index >= 15 is 0 Å². The van der Waals surface area contributed by atoms with E-state index in [1.165, 1.54) is 18.7 Å². The van der Waals surface area contributed by atoms with E-state index in [-0.39, 0.29) is 12.4 Å². The van der Waals surface area contributed by atoms with Gasteiger partial charge in [0.05, 0.1) is 0 Å². The molecule has 0 aromatic heterocycles. The summed E-state index contributed by atoms with van der Waals surface area (Å²) in [5, 5.41) is 0. The van der Waals surface area contributed by atoms with Gasteiger partial charge in [-0.2, -0.15) is 0 Å². The third kappa shape index (κ3) is 2.59. The third-order valence-electron chi connectivity index (χ3n) is 6.24. The Balaban J connectivity index is 0.00000169. The molecule has 0 saturated carbocycles. The van der Waals surface area contributed by atoms with Crippen molar-refractivity contribution in [2.45, 2.75) is 38.6 Å². The molecule has 1 aliphatic carbocycles. The van der Waals surface area contributed by atoms with Crippen LogP contribution in [0.3, 0.4) is 0 Å². The molecule has 0 N–H and O–H groups in total. The molecule has 1 nitrogen and oxygen atoms in total. The molecule has 5 atom stereocenters. The van der Waals surface area contributed by atoms with Crippen LogP contribution < -0.4 is 0 Å². The summed E-state index contributed by atoms with van der Waals surface area (Å²) >= 11 is 0. The molecule has 1 aliphatic heterocycles. The molecule has 1 heterocycles. The SMILES string of the molecule is CCN1CC(C)C2c3ccccc3C(c3ccccc3)C(C)C21.Cl. The quantitative estimate of drug-likeness (QED) is 0.715. The van der Waals surface area contributed by atoms with Gasteiger partial charge in [0.15, 0.2) is 0 Å². The van der Waals surface area contributed by atoms with Crippen molar-refractivity contribution < 1.29 is 0 Å². The smallest absolute Gasteiger partial charge is 0.0202 e. The summed E-state index contributed by atoms with van der Waals surface area (Å²) in [6, 6.07) is 21.0. The summed E-state index contributed by atoms with van der Waals surface area (Å²) in [6.07, 6.45) is 0. The third-order valence-corrected chi connectivity index (χ3v) is 6.24. The normalized spacial score (nSPS) is 31.9. The van der Waals surface area contributed by atoms with Crippen molar-refractivity contribution in [3.63, 3.8) is 0 Å². The highest BCUT2D eigenvalue weighted by Gasteiger charge is 2.49. The number of benzene rings is 2. The molecule has 0 spiro atoms. The minimum absolute atomic E-state index is 0. The van der Waals surface area contributed by atoms with Crippen LogP contribution in [-0.2, 0) is 0 Å².